The van der Waals surface area contributed by atoms with Crippen LogP contribution in [0.5, 0.6) is 0 Å². The van der Waals surface area contributed by atoms with E-state index < -0.39 is 11.5 Å². The number of aliphatic hydroxyl groups excluding tert-OH is 1. The minimum absolute atomic E-state index is 0.00791. The zero-order valence-electron chi connectivity index (χ0n) is 21.9. The summed E-state index contributed by atoms with van der Waals surface area (Å²) in [5, 5.41) is 11.8. The summed E-state index contributed by atoms with van der Waals surface area (Å²) in [5.74, 6) is -0.172. The first kappa shape index (κ1) is 26.3. The van der Waals surface area contributed by atoms with Crippen LogP contribution in [0, 0.1) is 46.3 Å². The van der Waals surface area contributed by atoms with Crippen molar-refractivity contribution in [2.45, 2.75) is 97.7 Å². The lowest BCUT2D eigenvalue weighted by atomic mass is 9.42. The van der Waals surface area contributed by atoms with Crippen LogP contribution in [-0.2, 0) is 28.7 Å². The molecule has 196 valence electrons. The molecule has 0 amide bonds. The van der Waals surface area contributed by atoms with Gasteiger partial charge in [0.1, 0.15) is 17.7 Å². The van der Waals surface area contributed by atoms with Crippen LogP contribution in [0.2, 0.25) is 0 Å². The summed E-state index contributed by atoms with van der Waals surface area (Å²) in [6, 6.07) is 0. The zero-order chi connectivity index (χ0) is 25.7. The molecule has 10 unspecified atom stereocenters. The van der Waals surface area contributed by atoms with Gasteiger partial charge in [-0.2, -0.15) is 0 Å². The number of Topliss-reactive ketones (excluding diaryl/α,β-unsaturated/α-hetero) is 2. The Bertz CT molecular complexity index is 883. The largest absolute Gasteiger partial charge is 0.469 e. The van der Waals surface area contributed by atoms with Gasteiger partial charge in [-0.15, -0.1) is 0 Å². The molecule has 10 atom stereocenters. The van der Waals surface area contributed by atoms with Crippen molar-refractivity contribution in [1.82, 2.24) is 0 Å². The van der Waals surface area contributed by atoms with Gasteiger partial charge >= 0.3 is 11.9 Å². The summed E-state index contributed by atoms with van der Waals surface area (Å²) in [6.45, 7) is 7.37. The Kier molecular flexibility index (Phi) is 7.22. The highest BCUT2D eigenvalue weighted by Crippen LogP contribution is 2.69. The van der Waals surface area contributed by atoms with E-state index in [1.165, 1.54) is 14.0 Å². The molecule has 7 nitrogen and oxygen atoms in total. The second-order valence-corrected chi connectivity index (χ2v) is 12.1. The quantitative estimate of drug-likeness (QED) is 0.563. The molecule has 0 aliphatic heterocycles. The smallest absolute Gasteiger partial charge is 0.305 e. The lowest BCUT2D eigenvalue weighted by molar-refractivity contribution is -0.213. The van der Waals surface area contributed by atoms with Crippen LogP contribution in [0.1, 0.15) is 85.5 Å². The SMILES string of the molecule is COC(=O)CCC(C)C1CCC2C3C(OC(C)=O)CC4CC(=O)CCC4(C)C3CC(O)C12C(C)=O. The first-order valence-electron chi connectivity index (χ1n) is 13.4. The maximum absolute atomic E-state index is 13.5. The molecule has 35 heavy (non-hydrogen) atoms. The molecule has 0 heterocycles. The molecule has 0 saturated heterocycles. The van der Waals surface area contributed by atoms with Crippen molar-refractivity contribution in [1.29, 1.82) is 0 Å². The van der Waals surface area contributed by atoms with Gasteiger partial charge in [-0.25, -0.2) is 0 Å². The van der Waals surface area contributed by atoms with Crippen LogP contribution in [0.4, 0.5) is 0 Å². The average molecular weight is 491 g/mol. The summed E-state index contributed by atoms with van der Waals surface area (Å²) >= 11 is 0. The van der Waals surface area contributed by atoms with Crippen LogP contribution in [0.25, 0.3) is 0 Å². The van der Waals surface area contributed by atoms with Crippen LogP contribution in [0.15, 0.2) is 0 Å². The average Bonchev–Trinajstić information content (AvgIpc) is 3.20. The molecular formula is C28H42O7. The molecule has 0 aromatic heterocycles. The molecule has 0 spiro atoms. The summed E-state index contributed by atoms with van der Waals surface area (Å²) in [4.78, 5) is 49.8. The van der Waals surface area contributed by atoms with Crippen LogP contribution in [0.3, 0.4) is 0 Å². The van der Waals surface area contributed by atoms with E-state index in [4.69, 9.17) is 9.47 Å². The number of hydrogen-bond acceptors (Lipinski definition) is 7. The standard InChI is InChI=1S/C28H42O7/c1-15(6-9-25(33)34-5)20-7-8-21-26-22(14-24(32)28(20,21)16(2)29)27(4)11-10-19(31)12-18(27)13-23(26)35-17(3)30/h15,18,20-24,26,32H,6-14H2,1-5H3. The Hall–Kier alpha value is -1.76. The van der Waals surface area contributed by atoms with E-state index in [1.54, 1.807) is 6.92 Å². The molecule has 0 bridgehead atoms. The number of ether oxygens (including phenoxy) is 2. The number of esters is 2. The Morgan fingerprint density at radius 2 is 1.86 bits per heavy atom. The molecular weight excluding hydrogens is 448 g/mol. The van der Waals surface area contributed by atoms with Gasteiger partial charge in [0, 0.05) is 32.1 Å². The van der Waals surface area contributed by atoms with Gasteiger partial charge in [0.2, 0.25) is 0 Å². The monoisotopic (exact) mass is 490 g/mol. The third-order valence-corrected chi connectivity index (χ3v) is 10.8. The highest BCUT2D eigenvalue weighted by atomic mass is 16.5. The third-order valence-electron chi connectivity index (χ3n) is 10.8. The van der Waals surface area contributed by atoms with Gasteiger partial charge in [-0.1, -0.05) is 13.8 Å². The molecule has 4 saturated carbocycles. The van der Waals surface area contributed by atoms with Crippen molar-refractivity contribution in [3.63, 3.8) is 0 Å². The van der Waals surface area contributed by atoms with E-state index in [2.05, 4.69) is 13.8 Å². The van der Waals surface area contributed by atoms with Gasteiger partial charge in [0.15, 0.2) is 0 Å². The summed E-state index contributed by atoms with van der Waals surface area (Å²) in [7, 11) is 1.38. The second kappa shape index (κ2) is 9.60. The number of carbonyl (C=O) groups excluding carboxylic acids is 4. The molecule has 4 rings (SSSR count). The summed E-state index contributed by atoms with van der Waals surface area (Å²) in [6.07, 6.45) is 4.34. The number of hydrogen-bond donors (Lipinski definition) is 1. The third kappa shape index (κ3) is 4.15. The van der Waals surface area contributed by atoms with Crippen molar-refractivity contribution in [2.75, 3.05) is 7.11 Å². The molecule has 0 aromatic rings. The van der Waals surface area contributed by atoms with Crippen molar-refractivity contribution in [3.05, 3.63) is 0 Å². The van der Waals surface area contributed by atoms with E-state index in [1.807, 2.05) is 0 Å². The molecule has 7 heteroatoms. The van der Waals surface area contributed by atoms with Gasteiger partial charge in [-0.3, -0.25) is 19.2 Å². The number of aliphatic hydroxyl groups is 1. The fourth-order valence-electron chi connectivity index (χ4n) is 9.22. The highest BCUT2D eigenvalue weighted by Gasteiger charge is 2.69. The number of fused-ring (bicyclic) bond motifs is 5. The van der Waals surface area contributed by atoms with E-state index in [0.29, 0.717) is 38.5 Å². The lowest BCUT2D eigenvalue weighted by Gasteiger charge is -2.63. The van der Waals surface area contributed by atoms with Crippen molar-refractivity contribution >= 4 is 23.5 Å². The number of methoxy groups -OCH3 is 1. The Balaban J connectivity index is 1.73. The molecule has 0 aromatic carbocycles. The van der Waals surface area contributed by atoms with Gasteiger partial charge < -0.3 is 14.6 Å². The maximum atomic E-state index is 13.5. The van der Waals surface area contributed by atoms with Crippen LogP contribution < -0.4 is 0 Å². The Morgan fingerprint density at radius 1 is 1.14 bits per heavy atom. The fourth-order valence-corrected chi connectivity index (χ4v) is 9.22. The van der Waals surface area contributed by atoms with E-state index in [-0.39, 0.29) is 70.5 Å². The summed E-state index contributed by atoms with van der Waals surface area (Å²) < 4.78 is 10.8. The lowest BCUT2D eigenvalue weighted by Crippen LogP contribution is -2.65. The number of ketones is 2. The summed E-state index contributed by atoms with van der Waals surface area (Å²) in [5.41, 5.74) is -1.02. The predicted octanol–water partition coefficient (Wildman–Crippen LogP) is 3.89. The van der Waals surface area contributed by atoms with Gasteiger partial charge in [0.25, 0.3) is 0 Å². The first-order valence-corrected chi connectivity index (χ1v) is 13.4. The Labute approximate surface area is 208 Å². The molecule has 4 aliphatic carbocycles. The highest BCUT2D eigenvalue weighted by molar-refractivity contribution is 5.85. The molecule has 4 aliphatic rings. The normalized spacial score (nSPS) is 43.4. The predicted molar refractivity (Wildman–Crippen MR) is 128 cm³/mol. The molecule has 4 fully saturated rings. The second-order valence-electron chi connectivity index (χ2n) is 12.1. The van der Waals surface area contributed by atoms with Crippen LogP contribution >= 0.6 is 0 Å². The van der Waals surface area contributed by atoms with Crippen molar-refractivity contribution in [2.24, 2.45) is 46.3 Å². The number of rotatable bonds is 6. The van der Waals surface area contributed by atoms with Crippen molar-refractivity contribution in [3.8, 4) is 0 Å². The van der Waals surface area contributed by atoms with E-state index in [9.17, 15) is 24.3 Å². The molecule has 1 N–H and O–H groups in total. The Morgan fingerprint density at radius 3 is 2.49 bits per heavy atom. The van der Waals surface area contributed by atoms with Gasteiger partial charge in [-0.05, 0) is 80.5 Å². The first-order chi connectivity index (χ1) is 16.5. The van der Waals surface area contributed by atoms with Gasteiger partial charge in [0.05, 0.1) is 18.6 Å². The fraction of sp³-hybridized carbons (Fsp3) is 0.857. The van der Waals surface area contributed by atoms with E-state index in [0.717, 1.165) is 19.3 Å². The van der Waals surface area contributed by atoms with Crippen LogP contribution in [-0.4, -0.2) is 47.9 Å². The maximum Gasteiger partial charge on any atom is 0.305 e. The minimum atomic E-state index is -0.900. The topological polar surface area (TPSA) is 107 Å². The minimum Gasteiger partial charge on any atom is -0.469 e. The number of carbonyl (C=O) groups is 4. The molecule has 0 radical (unpaired) electrons. The van der Waals surface area contributed by atoms with E-state index >= 15 is 0 Å². The van der Waals surface area contributed by atoms with Crippen molar-refractivity contribution < 1.29 is 33.8 Å². The zero-order valence-corrected chi connectivity index (χ0v) is 21.9.